The molecule has 0 bridgehead atoms. The van der Waals surface area contributed by atoms with Crippen molar-refractivity contribution in [1.82, 2.24) is 5.32 Å². The van der Waals surface area contributed by atoms with Crippen molar-refractivity contribution in [3.8, 4) is 0 Å². The molecule has 1 heterocycles. The molecule has 2 rings (SSSR count). The number of hydrogen-bond acceptors (Lipinski definition) is 2. The van der Waals surface area contributed by atoms with Crippen LogP contribution in [-0.4, -0.2) is 12.6 Å². The number of benzene rings is 1. The molecule has 2 aromatic rings. The van der Waals surface area contributed by atoms with Crippen LogP contribution in [0.25, 0.3) is 0 Å². The van der Waals surface area contributed by atoms with Gasteiger partial charge >= 0.3 is 0 Å². The van der Waals surface area contributed by atoms with Gasteiger partial charge in [-0.3, -0.25) is 0 Å². The summed E-state index contributed by atoms with van der Waals surface area (Å²) in [4.78, 5) is 1.37. The maximum Gasteiger partial charge on any atom is 0.0701 e. The van der Waals surface area contributed by atoms with Crippen molar-refractivity contribution in [2.45, 2.75) is 25.8 Å². The summed E-state index contributed by atoms with van der Waals surface area (Å²) < 4.78 is 1.17. The van der Waals surface area contributed by atoms with Crippen LogP contribution >= 0.6 is 50.5 Å². The fourth-order valence-electron chi connectivity index (χ4n) is 2.16. The molecule has 0 spiro atoms. The van der Waals surface area contributed by atoms with E-state index in [1.54, 1.807) is 11.3 Å². The van der Waals surface area contributed by atoms with Crippen LogP contribution in [0.1, 0.15) is 17.4 Å². The Morgan fingerprint density at radius 1 is 1.20 bits per heavy atom. The Morgan fingerprint density at radius 2 is 2.00 bits per heavy atom. The first-order chi connectivity index (χ1) is 9.58. The zero-order valence-electron chi connectivity index (χ0n) is 11.1. The zero-order chi connectivity index (χ0) is 14.5. The van der Waals surface area contributed by atoms with Crippen molar-refractivity contribution in [2.24, 2.45) is 0 Å². The first-order valence-corrected chi connectivity index (χ1v) is 8.86. The Labute approximate surface area is 142 Å². The highest BCUT2D eigenvalue weighted by Gasteiger charge is 2.13. The van der Waals surface area contributed by atoms with Gasteiger partial charge < -0.3 is 5.32 Å². The van der Waals surface area contributed by atoms with E-state index < -0.39 is 0 Å². The molecule has 1 aromatic heterocycles. The van der Waals surface area contributed by atoms with Gasteiger partial charge in [0.1, 0.15) is 0 Å². The minimum Gasteiger partial charge on any atom is -0.314 e. The molecule has 1 atom stereocenters. The molecule has 0 aliphatic carbocycles. The summed E-state index contributed by atoms with van der Waals surface area (Å²) in [7, 11) is 0. The number of nitrogens with one attached hydrogen (secondary N) is 1. The van der Waals surface area contributed by atoms with Gasteiger partial charge in [-0.25, -0.2) is 0 Å². The average Bonchev–Trinajstić information content (AvgIpc) is 2.78. The molecule has 1 N–H and O–H groups in total. The number of hydrogen-bond donors (Lipinski definition) is 1. The SMILES string of the molecule is CCNC(Cc1ccc(Br)s1)Cc1ccc(Cl)cc1Cl. The largest absolute Gasteiger partial charge is 0.314 e. The lowest BCUT2D eigenvalue weighted by atomic mass is 10.0. The van der Waals surface area contributed by atoms with Gasteiger partial charge in [-0.1, -0.05) is 36.2 Å². The lowest BCUT2D eigenvalue weighted by Crippen LogP contribution is -2.32. The van der Waals surface area contributed by atoms with E-state index in [-0.39, 0.29) is 0 Å². The van der Waals surface area contributed by atoms with E-state index in [4.69, 9.17) is 23.2 Å². The summed E-state index contributed by atoms with van der Waals surface area (Å²) in [6.07, 6.45) is 1.91. The molecule has 1 nitrogen and oxygen atoms in total. The van der Waals surface area contributed by atoms with E-state index in [9.17, 15) is 0 Å². The fraction of sp³-hybridized carbons (Fsp3) is 0.333. The Balaban J connectivity index is 2.08. The molecule has 0 radical (unpaired) electrons. The summed E-state index contributed by atoms with van der Waals surface area (Å²) in [5, 5.41) is 4.96. The molecule has 0 saturated heterocycles. The van der Waals surface area contributed by atoms with E-state index in [1.165, 1.54) is 8.66 Å². The third kappa shape index (κ3) is 4.74. The molecule has 0 aliphatic heterocycles. The minimum absolute atomic E-state index is 0.379. The molecule has 0 saturated carbocycles. The molecular formula is C15H16BrCl2NS. The van der Waals surface area contributed by atoms with E-state index in [0.717, 1.165) is 30.0 Å². The standard InChI is InChI=1S/C15H16BrCl2NS/c1-2-19-12(9-13-5-6-15(16)20-13)7-10-3-4-11(17)8-14(10)18/h3-6,8,12,19H,2,7,9H2,1H3. The molecule has 0 amide bonds. The first-order valence-electron chi connectivity index (χ1n) is 6.50. The Kier molecular flexibility index (Phi) is 6.37. The summed E-state index contributed by atoms with van der Waals surface area (Å²) >= 11 is 17.5. The monoisotopic (exact) mass is 391 g/mol. The highest BCUT2D eigenvalue weighted by atomic mass is 79.9. The third-order valence-electron chi connectivity index (χ3n) is 3.05. The van der Waals surface area contributed by atoms with Crippen molar-refractivity contribution < 1.29 is 0 Å². The Hall–Kier alpha value is -0.0600. The third-order valence-corrected chi connectivity index (χ3v) is 5.28. The fourth-order valence-corrected chi connectivity index (χ4v) is 4.21. The maximum atomic E-state index is 6.26. The average molecular weight is 393 g/mol. The highest BCUT2D eigenvalue weighted by molar-refractivity contribution is 9.11. The second-order valence-electron chi connectivity index (χ2n) is 4.60. The second kappa shape index (κ2) is 7.81. The highest BCUT2D eigenvalue weighted by Crippen LogP contribution is 2.26. The van der Waals surface area contributed by atoms with Crippen molar-refractivity contribution >= 4 is 50.5 Å². The van der Waals surface area contributed by atoms with Gasteiger partial charge in [0.2, 0.25) is 0 Å². The summed E-state index contributed by atoms with van der Waals surface area (Å²) in [5.41, 5.74) is 1.14. The van der Waals surface area contributed by atoms with Gasteiger partial charge in [0.15, 0.2) is 0 Å². The maximum absolute atomic E-state index is 6.26. The Bertz CT molecular complexity index is 571. The lowest BCUT2D eigenvalue weighted by Gasteiger charge is -2.18. The van der Waals surface area contributed by atoms with Crippen molar-refractivity contribution in [1.29, 1.82) is 0 Å². The molecule has 1 unspecified atom stereocenters. The van der Waals surface area contributed by atoms with Gasteiger partial charge in [0, 0.05) is 21.0 Å². The number of rotatable bonds is 6. The smallest absolute Gasteiger partial charge is 0.0701 e. The van der Waals surface area contributed by atoms with Crippen LogP contribution < -0.4 is 5.32 Å². The second-order valence-corrected chi connectivity index (χ2v) is 8.00. The molecular weight excluding hydrogens is 377 g/mol. The normalized spacial score (nSPS) is 12.6. The van der Waals surface area contributed by atoms with Crippen LogP contribution in [-0.2, 0) is 12.8 Å². The van der Waals surface area contributed by atoms with E-state index in [0.29, 0.717) is 11.1 Å². The van der Waals surface area contributed by atoms with Gasteiger partial charge in [-0.05, 0) is 65.1 Å². The molecule has 0 aliphatic rings. The van der Waals surface area contributed by atoms with E-state index >= 15 is 0 Å². The topological polar surface area (TPSA) is 12.0 Å². The molecule has 1 aromatic carbocycles. The number of likely N-dealkylation sites (N-methyl/N-ethyl adjacent to an activating group) is 1. The van der Waals surface area contributed by atoms with Gasteiger partial charge in [-0.2, -0.15) is 0 Å². The van der Waals surface area contributed by atoms with Crippen molar-refractivity contribution in [2.75, 3.05) is 6.54 Å². The number of thiophene rings is 1. The molecule has 0 fully saturated rings. The van der Waals surface area contributed by atoms with Crippen LogP contribution in [0.15, 0.2) is 34.1 Å². The molecule has 5 heteroatoms. The van der Waals surface area contributed by atoms with Crippen molar-refractivity contribution in [3.05, 3.63) is 54.6 Å². The first kappa shape index (κ1) is 16.3. The quantitative estimate of drug-likeness (QED) is 0.676. The predicted octanol–water partition coefficient (Wildman–Crippen LogP) is 5.58. The predicted molar refractivity (Wildman–Crippen MR) is 93.4 cm³/mol. The van der Waals surface area contributed by atoms with E-state index in [2.05, 4.69) is 40.3 Å². The van der Waals surface area contributed by atoms with Crippen LogP contribution in [0.2, 0.25) is 10.0 Å². The number of halogens is 3. The molecule has 108 valence electrons. The van der Waals surface area contributed by atoms with Crippen LogP contribution in [0.3, 0.4) is 0 Å². The van der Waals surface area contributed by atoms with Gasteiger partial charge in [0.05, 0.1) is 3.79 Å². The zero-order valence-corrected chi connectivity index (χ0v) is 15.0. The lowest BCUT2D eigenvalue weighted by molar-refractivity contribution is 0.524. The van der Waals surface area contributed by atoms with Crippen LogP contribution in [0.4, 0.5) is 0 Å². The Morgan fingerprint density at radius 3 is 2.60 bits per heavy atom. The minimum atomic E-state index is 0.379. The van der Waals surface area contributed by atoms with Gasteiger partial charge in [0.25, 0.3) is 0 Å². The summed E-state index contributed by atoms with van der Waals surface area (Å²) in [5.74, 6) is 0. The van der Waals surface area contributed by atoms with Gasteiger partial charge in [-0.15, -0.1) is 11.3 Å². The van der Waals surface area contributed by atoms with Crippen LogP contribution in [0, 0.1) is 0 Å². The van der Waals surface area contributed by atoms with Crippen LogP contribution in [0.5, 0.6) is 0 Å². The summed E-state index contributed by atoms with van der Waals surface area (Å²) in [6, 6.07) is 10.4. The van der Waals surface area contributed by atoms with E-state index in [1.807, 2.05) is 18.2 Å². The van der Waals surface area contributed by atoms with Crippen molar-refractivity contribution in [3.63, 3.8) is 0 Å². The molecule has 20 heavy (non-hydrogen) atoms. The summed E-state index contributed by atoms with van der Waals surface area (Å²) in [6.45, 7) is 3.07.